The number of hydrogen-bond donors (Lipinski definition) is 1. The molecule has 2 aromatic carbocycles. The number of halogens is 2. The molecule has 0 bridgehead atoms. The molecule has 1 N–H and O–H groups in total. The van der Waals surface area contributed by atoms with E-state index in [1.807, 2.05) is 6.07 Å². The van der Waals surface area contributed by atoms with E-state index in [1.54, 1.807) is 24.3 Å². The Balaban J connectivity index is 2.51. The Morgan fingerprint density at radius 2 is 1.68 bits per heavy atom. The molecule has 3 nitrogen and oxygen atoms in total. The number of carboxylic acid groups (broad SMARTS) is 1. The minimum Gasteiger partial charge on any atom is -0.496 e. The summed E-state index contributed by atoms with van der Waals surface area (Å²) in [5.41, 5.74) is 1.76. The molecule has 0 aliphatic carbocycles. The fourth-order valence-corrected chi connectivity index (χ4v) is 2.02. The first-order valence-corrected chi connectivity index (χ1v) is 6.15. The maximum atomic E-state index is 11.0. The Morgan fingerprint density at radius 3 is 2.26 bits per heavy atom. The van der Waals surface area contributed by atoms with Gasteiger partial charge in [0.2, 0.25) is 0 Å². The van der Waals surface area contributed by atoms with Crippen molar-refractivity contribution < 1.29 is 14.6 Å². The molecule has 0 aromatic heterocycles. The Labute approximate surface area is 120 Å². The molecule has 0 unspecified atom stereocenters. The van der Waals surface area contributed by atoms with Gasteiger partial charge in [0, 0.05) is 0 Å². The lowest BCUT2D eigenvalue weighted by Gasteiger charge is -2.08. The molecule has 0 saturated carbocycles. The van der Waals surface area contributed by atoms with Crippen LogP contribution in [0.3, 0.4) is 0 Å². The van der Waals surface area contributed by atoms with Crippen molar-refractivity contribution in [1.29, 1.82) is 0 Å². The van der Waals surface area contributed by atoms with Gasteiger partial charge in [-0.1, -0.05) is 35.3 Å². The molecule has 0 heterocycles. The summed E-state index contributed by atoms with van der Waals surface area (Å²) in [6, 6.07) is 10.1. The average Bonchev–Trinajstić information content (AvgIpc) is 2.41. The summed E-state index contributed by atoms with van der Waals surface area (Å²) in [6.45, 7) is 0. The molecule has 0 aliphatic heterocycles. The first-order valence-electron chi connectivity index (χ1n) is 5.39. The summed E-state index contributed by atoms with van der Waals surface area (Å²) in [4.78, 5) is 11.0. The van der Waals surface area contributed by atoms with Crippen LogP contribution in [0.25, 0.3) is 11.1 Å². The van der Waals surface area contributed by atoms with Crippen LogP contribution in [0.5, 0.6) is 5.75 Å². The van der Waals surface area contributed by atoms with Crippen LogP contribution in [0.4, 0.5) is 0 Å². The van der Waals surface area contributed by atoms with Crippen molar-refractivity contribution in [3.05, 3.63) is 52.0 Å². The average molecular weight is 297 g/mol. The molecule has 0 fully saturated rings. The van der Waals surface area contributed by atoms with Gasteiger partial charge in [-0.2, -0.15) is 0 Å². The number of aromatic carboxylic acids is 1. The molecule has 5 heteroatoms. The number of hydrogen-bond acceptors (Lipinski definition) is 2. The zero-order chi connectivity index (χ0) is 14.0. The van der Waals surface area contributed by atoms with Gasteiger partial charge < -0.3 is 9.84 Å². The Hall–Kier alpha value is -1.71. The molecule has 0 atom stereocenters. The van der Waals surface area contributed by atoms with Crippen molar-refractivity contribution in [1.82, 2.24) is 0 Å². The van der Waals surface area contributed by atoms with E-state index in [0.29, 0.717) is 15.8 Å². The van der Waals surface area contributed by atoms with Gasteiger partial charge in [0.05, 0.1) is 17.2 Å². The molecule has 0 aliphatic rings. The Bertz CT molecular complexity index is 639. The number of carbonyl (C=O) groups is 1. The minimum atomic E-state index is -1.03. The van der Waals surface area contributed by atoms with Crippen LogP contribution in [-0.4, -0.2) is 18.2 Å². The summed E-state index contributed by atoms with van der Waals surface area (Å²) in [6.07, 6.45) is 0. The van der Waals surface area contributed by atoms with E-state index in [2.05, 4.69) is 0 Å². The summed E-state index contributed by atoms with van der Waals surface area (Å²) in [5, 5.41) is 9.94. The van der Waals surface area contributed by atoms with Crippen LogP contribution in [0.2, 0.25) is 10.0 Å². The monoisotopic (exact) mass is 296 g/mol. The second kappa shape index (κ2) is 5.51. The van der Waals surface area contributed by atoms with Crippen molar-refractivity contribution in [2.45, 2.75) is 0 Å². The quantitative estimate of drug-likeness (QED) is 0.915. The van der Waals surface area contributed by atoms with Gasteiger partial charge in [-0.15, -0.1) is 0 Å². The van der Waals surface area contributed by atoms with Crippen LogP contribution >= 0.6 is 23.2 Å². The van der Waals surface area contributed by atoms with Gasteiger partial charge in [0.15, 0.2) is 0 Å². The molecule has 98 valence electrons. The van der Waals surface area contributed by atoms with Gasteiger partial charge in [-0.05, 0) is 35.4 Å². The predicted octanol–water partition coefficient (Wildman–Crippen LogP) is 4.37. The number of carboxylic acids is 1. The zero-order valence-corrected chi connectivity index (χ0v) is 11.5. The first kappa shape index (κ1) is 13.7. The van der Waals surface area contributed by atoms with Crippen molar-refractivity contribution in [3.8, 4) is 16.9 Å². The lowest BCUT2D eigenvalue weighted by atomic mass is 10.0. The van der Waals surface area contributed by atoms with E-state index in [1.165, 1.54) is 13.2 Å². The maximum absolute atomic E-state index is 11.0. The minimum absolute atomic E-state index is 0.117. The Morgan fingerprint density at radius 1 is 1.05 bits per heavy atom. The lowest BCUT2D eigenvalue weighted by molar-refractivity contribution is 0.0693. The second-order valence-electron chi connectivity index (χ2n) is 3.85. The Kier molecular flexibility index (Phi) is 3.98. The highest BCUT2D eigenvalue weighted by atomic mass is 35.5. The van der Waals surface area contributed by atoms with Gasteiger partial charge in [0.25, 0.3) is 0 Å². The standard InChI is InChI=1S/C14H10Cl2O3/c1-19-13-7-9(2-4-10(13)14(17)18)8-3-5-11(15)12(16)6-8/h2-7H,1H3,(H,17,18). The largest absolute Gasteiger partial charge is 0.496 e. The van der Waals surface area contributed by atoms with Crippen molar-refractivity contribution in [2.24, 2.45) is 0 Å². The third-order valence-electron chi connectivity index (χ3n) is 2.68. The molecule has 19 heavy (non-hydrogen) atoms. The van der Waals surface area contributed by atoms with E-state index in [-0.39, 0.29) is 5.56 Å². The fourth-order valence-electron chi connectivity index (χ4n) is 1.72. The fraction of sp³-hybridized carbons (Fsp3) is 0.0714. The molecular formula is C14H10Cl2O3. The third-order valence-corrected chi connectivity index (χ3v) is 3.42. The summed E-state index contributed by atoms with van der Waals surface area (Å²) >= 11 is 11.8. The van der Waals surface area contributed by atoms with Crippen LogP contribution in [-0.2, 0) is 0 Å². The zero-order valence-electron chi connectivity index (χ0n) is 9.98. The van der Waals surface area contributed by atoms with Crippen LogP contribution < -0.4 is 4.74 Å². The van der Waals surface area contributed by atoms with Gasteiger partial charge in [-0.25, -0.2) is 4.79 Å². The molecule has 0 radical (unpaired) electrons. The van der Waals surface area contributed by atoms with E-state index in [9.17, 15) is 4.79 Å². The lowest BCUT2D eigenvalue weighted by Crippen LogP contribution is -2.00. The molecule has 0 spiro atoms. The van der Waals surface area contributed by atoms with Gasteiger partial charge >= 0.3 is 5.97 Å². The topological polar surface area (TPSA) is 46.5 Å². The molecule has 0 amide bonds. The first-order chi connectivity index (χ1) is 9.02. The van der Waals surface area contributed by atoms with E-state index < -0.39 is 5.97 Å². The summed E-state index contributed by atoms with van der Waals surface area (Å²) in [7, 11) is 1.43. The van der Waals surface area contributed by atoms with Gasteiger partial charge in [0.1, 0.15) is 11.3 Å². The smallest absolute Gasteiger partial charge is 0.339 e. The number of methoxy groups -OCH3 is 1. The maximum Gasteiger partial charge on any atom is 0.339 e. The molecular weight excluding hydrogens is 287 g/mol. The van der Waals surface area contributed by atoms with Gasteiger partial charge in [-0.3, -0.25) is 0 Å². The summed E-state index contributed by atoms with van der Waals surface area (Å²) in [5.74, 6) is -0.728. The van der Waals surface area contributed by atoms with E-state index in [4.69, 9.17) is 33.0 Å². The highest BCUT2D eigenvalue weighted by Crippen LogP contribution is 2.31. The van der Waals surface area contributed by atoms with Crippen LogP contribution in [0.15, 0.2) is 36.4 Å². The summed E-state index contributed by atoms with van der Waals surface area (Å²) < 4.78 is 5.08. The molecule has 2 rings (SSSR count). The highest BCUT2D eigenvalue weighted by molar-refractivity contribution is 6.42. The van der Waals surface area contributed by atoms with Crippen molar-refractivity contribution in [3.63, 3.8) is 0 Å². The van der Waals surface area contributed by atoms with E-state index >= 15 is 0 Å². The van der Waals surface area contributed by atoms with Crippen LogP contribution in [0.1, 0.15) is 10.4 Å². The molecule has 0 saturated heterocycles. The number of benzene rings is 2. The highest BCUT2D eigenvalue weighted by Gasteiger charge is 2.12. The third kappa shape index (κ3) is 2.83. The van der Waals surface area contributed by atoms with E-state index in [0.717, 1.165) is 11.1 Å². The second-order valence-corrected chi connectivity index (χ2v) is 4.66. The number of rotatable bonds is 3. The van der Waals surface area contributed by atoms with Crippen LogP contribution in [0, 0.1) is 0 Å². The molecule has 2 aromatic rings. The SMILES string of the molecule is COc1cc(-c2ccc(Cl)c(Cl)c2)ccc1C(=O)O. The number of ether oxygens (including phenoxy) is 1. The predicted molar refractivity (Wildman–Crippen MR) is 75.4 cm³/mol. The normalized spacial score (nSPS) is 10.3. The van der Waals surface area contributed by atoms with Crippen molar-refractivity contribution >= 4 is 29.2 Å². The van der Waals surface area contributed by atoms with Crippen molar-refractivity contribution in [2.75, 3.05) is 7.11 Å².